The van der Waals surface area contributed by atoms with Crippen LogP contribution in [0.4, 0.5) is 5.69 Å². The van der Waals surface area contributed by atoms with Crippen molar-refractivity contribution in [2.75, 3.05) is 11.4 Å². The second-order valence-electron chi connectivity index (χ2n) is 7.05. The van der Waals surface area contributed by atoms with Gasteiger partial charge in [0.15, 0.2) is 0 Å². The Labute approximate surface area is 167 Å². The van der Waals surface area contributed by atoms with Gasteiger partial charge in [0, 0.05) is 35.7 Å². The highest BCUT2D eigenvalue weighted by molar-refractivity contribution is 5.97. The standard InChI is InChI=1S/C23H21NO5/c1-2-15-8-9-19-17(13-22(26)29-20(19)11-15)14-28-23(27)16-5-3-6-18(12-16)24-10-4-7-21(24)25/h3,5-6,8-9,11-13H,2,4,7,10,14H2,1H3. The zero-order valence-electron chi connectivity index (χ0n) is 16.1. The molecule has 148 valence electrons. The average molecular weight is 391 g/mol. The Bertz CT molecular complexity index is 1150. The summed E-state index contributed by atoms with van der Waals surface area (Å²) in [6.07, 6.45) is 2.17. The molecule has 1 aliphatic rings. The lowest BCUT2D eigenvalue weighted by molar-refractivity contribution is -0.117. The molecule has 0 radical (unpaired) electrons. The highest BCUT2D eigenvalue weighted by Crippen LogP contribution is 2.23. The monoisotopic (exact) mass is 391 g/mol. The van der Waals surface area contributed by atoms with Gasteiger partial charge in [0.2, 0.25) is 5.91 Å². The lowest BCUT2D eigenvalue weighted by atomic mass is 10.1. The normalized spacial score (nSPS) is 13.8. The Hall–Kier alpha value is -3.41. The Kier molecular flexibility index (Phi) is 5.16. The Morgan fingerprint density at radius 2 is 2.00 bits per heavy atom. The first-order valence-electron chi connectivity index (χ1n) is 9.68. The third-order valence-electron chi connectivity index (χ3n) is 5.13. The van der Waals surface area contributed by atoms with Crippen molar-refractivity contribution >= 4 is 28.5 Å². The molecule has 1 fully saturated rings. The lowest BCUT2D eigenvalue weighted by Crippen LogP contribution is -2.23. The minimum atomic E-state index is -0.509. The topological polar surface area (TPSA) is 76.8 Å². The first-order chi connectivity index (χ1) is 14.0. The van der Waals surface area contributed by atoms with Gasteiger partial charge in [-0.25, -0.2) is 9.59 Å². The van der Waals surface area contributed by atoms with Gasteiger partial charge in [-0.2, -0.15) is 0 Å². The maximum atomic E-state index is 12.6. The molecular formula is C23H21NO5. The van der Waals surface area contributed by atoms with Gasteiger partial charge in [0.25, 0.3) is 0 Å². The Morgan fingerprint density at radius 1 is 1.14 bits per heavy atom. The number of hydrogen-bond acceptors (Lipinski definition) is 5. The lowest BCUT2D eigenvalue weighted by Gasteiger charge is -2.16. The number of carbonyl (C=O) groups is 2. The molecule has 29 heavy (non-hydrogen) atoms. The SMILES string of the molecule is CCc1ccc2c(COC(=O)c3cccc(N4CCCC4=O)c3)cc(=O)oc2c1. The number of rotatable bonds is 5. The molecule has 0 N–H and O–H groups in total. The summed E-state index contributed by atoms with van der Waals surface area (Å²) >= 11 is 0. The molecule has 0 bridgehead atoms. The van der Waals surface area contributed by atoms with E-state index < -0.39 is 11.6 Å². The second kappa shape index (κ2) is 7.91. The molecule has 0 aliphatic carbocycles. The van der Waals surface area contributed by atoms with Gasteiger partial charge in [-0.1, -0.05) is 25.1 Å². The van der Waals surface area contributed by atoms with Gasteiger partial charge in [-0.15, -0.1) is 0 Å². The molecule has 2 heterocycles. The predicted octanol–water partition coefficient (Wildman–Crippen LogP) is 3.84. The predicted molar refractivity (Wildman–Crippen MR) is 109 cm³/mol. The van der Waals surface area contributed by atoms with Crippen molar-refractivity contribution in [2.24, 2.45) is 0 Å². The van der Waals surface area contributed by atoms with Crippen LogP contribution in [0.1, 0.15) is 41.3 Å². The van der Waals surface area contributed by atoms with Gasteiger partial charge in [0.1, 0.15) is 12.2 Å². The summed E-state index contributed by atoms with van der Waals surface area (Å²) in [5, 5.41) is 0.742. The third kappa shape index (κ3) is 3.92. The van der Waals surface area contributed by atoms with Crippen LogP contribution in [-0.2, 0) is 22.6 Å². The fraction of sp³-hybridized carbons (Fsp3) is 0.261. The summed E-state index contributed by atoms with van der Waals surface area (Å²) in [5.74, 6) is -0.450. The molecule has 3 aromatic rings. The molecule has 1 saturated heterocycles. The van der Waals surface area contributed by atoms with E-state index in [4.69, 9.17) is 9.15 Å². The molecule has 2 aromatic carbocycles. The van der Waals surface area contributed by atoms with Crippen LogP contribution in [0.25, 0.3) is 11.0 Å². The van der Waals surface area contributed by atoms with E-state index in [2.05, 4.69) is 0 Å². The van der Waals surface area contributed by atoms with Crippen molar-refractivity contribution in [1.82, 2.24) is 0 Å². The number of carbonyl (C=O) groups excluding carboxylic acids is 2. The molecule has 0 atom stereocenters. The molecule has 0 unspecified atom stereocenters. The van der Waals surface area contributed by atoms with Crippen LogP contribution in [0.3, 0.4) is 0 Å². The summed E-state index contributed by atoms with van der Waals surface area (Å²) in [6, 6.07) is 13.9. The smallest absolute Gasteiger partial charge is 0.338 e. The molecule has 0 spiro atoms. The second-order valence-corrected chi connectivity index (χ2v) is 7.05. The van der Waals surface area contributed by atoms with Gasteiger partial charge >= 0.3 is 11.6 Å². The van der Waals surface area contributed by atoms with E-state index in [0.29, 0.717) is 35.4 Å². The van der Waals surface area contributed by atoms with Crippen LogP contribution in [0.5, 0.6) is 0 Å². The van der Waals surface area contributed by atoms with E-state index in [9.17, 15) is 14.4 Å². The number of ether oxygens (including phenoxy) is 1. The summed E-state index contributed by atoms with van der Waals surface area (Å²) in [5.41, 5.74) is 2.72. The van der Waals surface area contributed by atoms with Crippen LogP contribution < -0.4 is 10.5 Å². The number of amides is 1. The Morgan fingerprint density at radius 3 is 2.76 bits per heavy atom. The van der Waals surface area contributed by atoms with Crippen molar-refractivity contribution in [3.05, 3.63) is 75.6 Å². The molecular weight excluding hydrogens is 370 g/mol. The van der Waals surface area contributed by atoms with E-state index in [1.165, 1.54) is 6.07 Å². The maximum Gasteiger partial charge on any atom is 0.338 e. The number of fused-ring (bicyclic) bond motifs is 1. The molecule has 6 nitrogen and oxygen atoms in total. The summed E-state index contributed by atoms with van der Waals surface area (Å²) < 4.78 is 10.7. The number of nitrogens with zero attached hydrogens (tertiary/aromatic N) is 1. The molecule has 4 rings (SSSR count). The van der Waals surface area contributed by atoms with E-state index in [-0.39, 0.29) is 12.5 Å². The minimum Gasteiger partial charge on any atom is -0.457 e. The number of benzene rings is 2. The number of esters is 1. The first kappa shape index (κ1) is 18.9. The largest absolute Gasteiger partial charge is 0.457 e. The molecule has 0 saturated carbocycles. The van der Waals surface area contributed by atoms with Crippen molar-refractivity contribution in [1.29, 1.82) is 0 Å². The van der Waals surface area contributed by atoms with Crippen LogP contribution >= 0.6 is 0 Å². The van der Waals surface area contributed by atoms with Gasteiger partial charge in [-0.3, -0.25) is 4.79 Å². The van der Waals surface area contributed by atoms with Gasteiger partial charge in [-0.05, 0) is 42.7 Å². The fourth-order valence-electron chi connectivity index (χ4n) is 3.56. The van der Waals surface area contributed by atoms with Crippen molar-refractivity contribution < 1.29 is 18.7 Å². The van der Waals surface area contributed by atoms with E-state index in [0.717, 1.165) is 23.8 Å². The zero-order valence-corrected chi connectivity index (χ0v) is 16.1. The van der Waals surface area contributed by atoms with Crippen LogP contribution in [-0.4, -0.2) is 18.4 Å². The summed E-state index contributed by atoms with van der Waals surface area (Å²) in [4.78, 5) is 38.1. The fourth-order valence-corrected chi connectivity index (χ4v) is 3.56. The Balaban J connectivity index is 1.54. The molecule has 6 heteroatoms. The number of anilines is 1. The van der Waals surface area contributed by atoms with Gasteiger partial charge < -0.3 is 14.1 Å². The third-order valence-corrected chi connectivity index (χ3v) is 5.13. The minimum absolute atomic E-state index is 0.0424. The first-order valence-corrected chi connectivity index (χ1v) is 9.68. The quantitative estimate of drug-likeness (QED) is 0.488. The average Bonchev–Trinajstić information content (AvgIpc) is 3.17. The van der Waals surface area contributed by atoms with Crippen molar-refractivity contribution in [3.8, 4) is 0 Å². The van der Waals surface area contributed by atoms with E-state index >= 15 is 0 Å². The molecule has 1 aromatic heterocycles. The van der Waals surface area contributed by atoms with Crippen LogP contribution in [0, 0.1) is 0 Å². The van der Waals surface area contributed by atoms with E-state index in [1.807, 2.05) is 25.1 Å². The van der Waals surface area contributed by atoms with Crippen molar-refractivity contribution in [3.63, 3.8) is 0 Å². The number of aryl methyl sites for hydroxylation is 1. The molecule has 1 amide bonds. The maximum absolute atomic E-state index is 12.6. The van der Waals surface area contributed by atoms with Crippen LogP contribution in [0.2, 0.25) is 0 Å². The summed E-state index contributed by atoms with van der Waals surface area (Å²) in [7, 11) is 0. The highest BCUT2D eigenvalue weighted by atomic mass is 16.5. The van der Waals surface area contributed by atoms with Gasteiger partial charge in [0.05, 0.1) is 5.56 Å². The number of hydrogen-bond donors (Lipinski definition) is 0. The summed E-state index contributed by atoms with van der Waals surface area (Å²) in [6.45, 7) is 2.64. The van der Waals surface area contributed by atoms with E-state index in [1.54, 1.807) is 29.2 Å². The van der Waals surface area contributed by atoms with Crippen LogP contribution in [0.15, 0.2) is 57.7 Å². The zero-order chi connectivity index (χ0) is 20.4. The van der Waals surface area contributed by atoms with Crippen molar-refractivity contribution in [2.45, 2.75) is 32.8 Å². The highest BCUT2D eigenvalue weighted by Gasteiger charge is 2.22. The molecule has 1 aliphatic heterocycles.